The SMILES string of the molecule is Cc1ncc(C=O)c(C=O)c1O. The third kappa shape index (κ3) is 1.18. The molecular weight excluding hydrogens is 158 g/mol. The lowest BCUT2D eigenvalue weighted by molar-refractivity contribution is 0.109. The summed E-state index contributed by atoms with van der Waals surface area (Å²) in [6, 6.07) is 0. The monoisotopic (exact) mass is 165 g/mol. The van der Waals surface area contributed by atoms with Crippen LogP contribution in [0.15, 0.2) is 6.20 Å². The topological polar surface area (TPSA) is 67.3 Å². The van der Waals surface area contributed by atoms with Crippen molar-refractivity contribution in [3.63, 3.8) is 0 Å². The highest BCUT2D eigenvalue weighted by Gasteiger charge is 2.09. The summed E-state index contributed by atoms with van der Waals surface area (Å²) < 4.78 is 0. The molecule has 4 heteroatoms. The summed E-state index contributed by atoms with van der Waals surface area (Å²) in [5.41, 5.74) is 0.438. The summed E-state index contributed by atoms with van der Waals surface area (Å²) in [6.07, 6.45) is 2.18. The van der Waals surface area contributed by atoms with E-state index in [1.165, 1.54) is 6.20 Å². The highest BCUT2D eigenvalue weighted by molar-refractivity contribution is 5.92. The lowest BCUT2D eigenvalue weighted by atomic mass is 10.1. The fourth-order valence-electron chi connectivity index (χ4n) is 0.846. The molecule has 0 unspecified atom stereocenters. The summed E-state index contributed by atoms with van der Waals surface area (Å²) in [6.45, 7) is 1.55. The van der Waals surface area contributed by atoms with Crippen molar-refractivity contribution in [2.45, 2.75) is 6.92 Å². The van der Waals surface area contributed by atoms with Crippen molar-refractivity contribution in [1.82, 2.24) is 4.98 Å². The number of aryl methyl sites for hydroxylation is 1. The predicted molar refractivity (Wildman–Crippen MR) is 41.4 cm³/mol. The Hall–Kier alpha value is -1.71. The number of aromatic nitrogens is 1. The van der Waals surface area contributed by atoms with E-state index in [4.69, 9.17) is 0 Å². The second kappa shape index (κ2) is 3.13. The van der Waals surface area contributed by atoms with Gasteiger partial charge in [0, 0.05) is 11.8 Å². The number of hydrogen-bond donors (Lipinski definition) is 1. The normalized spacial score (nSPS) is 9.42. The van der Waals surface area contributed by atoms with E-state index in [1.807, 2.05) is 0 Å². The summed E-state index contributed by atoms with van der Waals surface area (Å²) >= 11 is 0. The molecule has 0 aromatic carbocycles. The van der Waals surface area contributed by atoms with Gasteiger partial charge in [0.1, 0.15) is 5.75 Å². The molecule has 0 saturated heterocycles. The molecule has 1 N–H and O–H groups in total. The van der Waals surface area contributed by atoms with Gasteiger partial charge in [0.05, 0.1) is 11.3 Å². The van der Waals surface area contributed by atoms with Gasteiger partial charge in [0.2, 0.25) is 0 Å². The van der Waals surface area contributed by atoms with Crippen LogP contribution in [0, 0.1) is 6.92 Å². The van der Waals surface area contributed by atoms with E-state index >= 15 is 0 Å². The van der Waals surface area contributed by atoms with E-state index in [1.54, 1.807) is 6.92 Å². The van der Waals surface area contributed by atoms with Crippen molar-refractivity contribution in [2.24, 2.45) is 0 Å². The Balaban J connectivity index is 3.45. The Morgan fingerprint density at radius 2 is 2.08 bits per heavy atom. The zero-order valence-electron chi connectivity index (χ0n) is 6.44. The summed E-state index contributed by atoms with van der Waals surface area (Å²) in [5, 5.41) is 9.26. The quantitative estimate of drug-likeness (QED) is 0.655. The first kappa shape index (κ1) is 8.39. The first-order chi connectivity index (χ1) is 5.70. The summed E-state index contributed by atoms with van der Waals surface area (Å²) in [4.78, 5) is 24.5. The molecule has 1 aromatic heterocycles. The Kier molecular flexibility index (Phi) is 2.19. The average molecular weight is 165 g/mol. The molecule has 1 aromatic rings. The third-order valence-electron chi connectivity index (χ3n) is 1.55. The van der Waals surface area contributed by atoms with Crippen molar-refractivity contribution in [1.29, 1.82) is 0 Å². The van der Waals surface area contributed by atoms with E-state index in [0.717, 1.165) is 0 Å². The van der Waals surface area contributed by atoms with Gasteiger partial charge < -0.3 is 5.11 Å². The number of carbonyl (C=O) groups excluding carboxylic acids is 2. The zero-order valence-corrected chi connectivity index (χ0v) is 6.44. The Morgan fingerprint density at radius 3 is 2.58 bits per heavy atom. The maximum atomic E-state index is 10.4. The van der Waals surface area contributed by atoms with Crippen molar-refractivity contribution >= 4 is 12.6 Å². The van der Waals surface area contributed by atoms with E-state index in [-0.39, 0.29) is 16.9 Å². The number of aromatic hydroxyl groups is 1. The van der Waals surface area contributed by atoms with E-state index in [2.05, 4.69) is 4.98 Å². The molecule has 0 amide bonds. The number of hydrogen-bond acceptors (Lipinski definition) is 4. The van der Waals surface area contributed by atoms with Crippen LogP contribution >= 0.6 is 0 Å². The Morgan fingerprint density at radius 1 is 1.42 bits per heavy atom. The molecule has 0 aliphatic carbocycles. The molecule has 0 atom stereocenters. The van der Waals surface area contributed by atoms with Crippen LogP contribution in [-0.4, -0.2) is 22.7 Å². The molecule has 0 fully saturated rings. The van der Waals surface area contributed by atoms with Gasteiger partial charge >= 0.3 is 0 Å². The fraction of sp³-hybridized carbons (Fsp3) is 0.125. The molecule has 0 bridgehead atoms. The van der Waals surface area contributed by atoms with Gasteiger partial charge in [-0.25, -0.2) is 0 Å². The summed E-state index contributed by atoms with van der Waals surface area (Å²) in [7, 11) is 0. The van der Waals surface area contributed by atoms with Crippen molar-refractivity contribution in [3.05, 3.63) is 23.0 Å². The molecule has 62 valence electrons. The second-order valence-corrected chi connectivity index (χ2v) is 2.30. The summed E-state index contributed by atoms with van der Waals surface area (Å²) in [5.74, 6) is -0.227. The minimum absolute atomic E-state index is 0.00231. The van der Waals surface area contributed by atoms with Crippen LogP contribution in [-0.2, 0) is 0 Å². The third-order valence-corrected chi connectivity index (χ3v) is 1.55. The Bertz CT molecular complexity index is 333. The molecule has 0 radical (unpaired) electrons. The maximum Gasteiger partial charge on any atom is 0.154 e. The molecule has 1 rings (SSSR count). The lowest BCUT2D eigenvalue weighted by Crippen LogP contribution is -1.95. The second-order valence-electron chi connectivity index (χ2n) is 2.30. The van der Waals surface area contributed by atoms with Crippen LogP contribution in [0.3, 0.4) is 0 Å². The zero-order chi connectivity index (χ0) is 9.14. The van der Waals surface area contributed by atoms with E-state index < -0.39 is 0 Å². The molecule has 0 saturated carbocycles. The highest BCUT2D eigenvalue weighted by Crippen LogP contribution is 2.20. The number of aldehydes is 2. The van der Waals surface area contributed by atoms with Crippen molar-refractivity contribution in [2.75, 3.05) is 0 Å². The molecule has 1 heterocycles. The van der Waals surface area contributed by atoms with Gasteiger partial charge in [0.15, 0.2) is 12.6 Å². The smallest absolute Gasteiger partial charge is 0.154 e. The van der Waals surface area contributed by atoms with Gasteiger partial charge in [-0.15, -0.1) is 0 Å². The van der Waals surface area contributed by atoms with Crippen molar-refractivity contribution in [3.8, 4) is 5.75 Å². The highest BCUT2D eigenvalue weighted by atomic mass is 16.3. The van der Waals surface area contributed by atoms with Gasteiger partial charge in [-0.2, -0.15) is 0 Å². The van der Waals surface area contributed by atoms with Gasteiger partial charge in [-0.05, 0) is 6.92 Å². The van der Waals surface area contributed by atoms with Crippen LogP contribution in [0.5, 0.6) is 5.75 Å². The van der Waals surface area contributed by atoms with E-state index in [9.17, 15) is 14.7 Å². The van der Waals surface area contributed by atoms with Crippen LogP contribution in [0.2, 0.25) is 0 Å². The van der Waals surface area contributed by atoms with Gasteiger partial charge in [-0.1, -0.05) is 0 Å². The van der Waals surface area contributed by atoms with Crippen LogP contribution in [0.4, 0.5) is 0 Å². The molecular formula is C8H7NO3. The minimum atomic E-state index is -0.227. The predicted octanol–water partition coefficient (Wildman–Crippen LogP) is 0.721. The number of pyridine rings is 1. The first-order valence-electron chi connectivity index (χ1n) is 3.29. The Labute approximate surface area is 68.9 Å². The number of rotatable bonds is 2. The molecule has 0 aliphatic heterocycles. The van der Waals surface area contributed by atoms with Crippen LogP contribution < -0.4 is 0 Å². The molecule has 0 aliphatic rings. The fourth-order valence-corrected chi connectivity index (χ4v) is 0.846. The minimum Gasteiger partial charge on any atom is -0.505 e. The molecule has 4 nitrogen and oxygen atoms in total. The van der Waals surface area contributed by atoms with E-state index in [0.29, 0.717) is 18.3 Å². The number of carbonyl (C=O) groups is 2. The van der Waals surface area contributed by atoms with Gasteiger partial charge in [0.25, 0.3) is 0 Å². The van der Waals surface area contributed by atoms with Gasteiger partial charge in [-0.3, -0.25) is 14.6 Å². The van der Waals surface area contributed by atoms with Crippen LogP contribution in [0.1, 0.15) is 26.4 Å². The molecule has 12 heavy (non-hydrogen) atoms. The first-order valence-corrected chi connectivity index (χ1v) is 3.29. The largest absolute Gasteiger partial charge is 0.505 e. The van der Waals surface area contributed by atoms with Crippen molar-refractivity contribution < 1.29 is 14.7 Å². The lowest BCUT2D eigenvalue weighted by Gasteiger charge is -2.01. The van der Waals surface area contributed by atoms with Crippen LogP contribution in [0.25, 0.3) is 0 Å². The maximum absolute atomic E-state index is 10.4. The average Bonchev–Trinajstić information content (AvgIpc) is 2.09. The number of nitrogens with zero attached hydrogens (tertiary/aromatic N) is 1. The standard InChI is InChI=1S/C8H7NO3/c1-5-8(12)7(4-11)6(3-10)2-9-5/h2-4,12H,1H3. The molecule has 0 spiro atoms.